The highest BCUT2D eigenvalue weighted by Crippen LogP contribution is 2.34. The zero-order valence-electron chi connectivity index (χ0n) is 7.09. The zero-order chi connectivity index (χ0) is 11.0. The van der Waals surface area contributed by atoms with E-state index in [1.807, 2.05) is 16.8 Å². The van der Waals surface area contributed by atoms with Crippen molar-refractivity contribution >= 4 is 82.9 Å². The van der Waals surface area contributed by atoms with Crippen molar-refractivity contribution in [3.8, 4) is 0 Å². The molecule has 0 aliphatic rings. The standard InChI is InChI=1S/C9H3Br2IOS2/c10-5-3-15-9(7(5)11)8(13)4-1-6(12)14-2-4/h1-3H. The first-order chi connectivity index (χ1) is 7.09. The van der Waals surface area contributed by atoms with Crippen LogP contribution in [0, 0.1) is 2.88 Å². The molecule has 0 fully saturated rings. The smallest absolute Gasteiger partial charge is 0.205 e. The molecule has 2 rings (SSSR count). The van der Waals surface area contributed by atoms with E-state index in [2.05, 4.69) is 54.5 Å². The summed E-state index contributed by atoms with van der Waals surface area (Å²) in [6.07, 6.45) is 0. The summed E-state index contributed by atoms with van der Waals surface area (Å²) in [6, 6.07) is 1.91. The van der Waals surface area contributed by atoms with Gasteiger partial charge in [-0.3, -0.25) is 4.79 Å². The molecule has 2 aromatic heterocycles. The Kier molecular flexibility index (Phi) is 4.03. The van der Waals surface area contributed by atoms with Gasteiger partial charge in [0.1, 0.15) is 0 Å². The molecule has 0 radical (unpaired) electrons. The van der Waals surface area contributed by atoms with Crippen LogP contribution in [0.1, 0.15) is 15.2 Å². The third-order valence-corrected chi connectivity index (χ3v) is 7.04. The molecule has 2 heterocycles. The first-order valence-corrected chi connectivity index (χ1v) is 8.23. The molecule has 78 valence electrons. The molecule has 0 aromatic carbocycles. The summed E-state index contributed by atoms with van der Waals surface area (Å²) in [7, 11) is 0. The van der Waals surface area contributed by atoms with Crippen LogP contribution < -0.4 is 0 Å². The molecule has 0 atom stereocenters. The van der Waals surface area contributed by atoms with E-state index in [1.165, 1.54) is 11.3 Å². The minimum atomic E-state index is 0.0803. The first-order valence-electron chi connectivity index (χ1n) is 3.81. The Balaban J connectivity index is 2.41. The first kappa shape index (κ1) is 12.2. The highest BCUT2D eigenvalue weighted by molar-refractivity contribution is 14.1. The van der Waals surface area contributed by atoms with Gasteiger partial charge < -0.3 is 0 Å². The second kappa shape index (κ2) is 4.95. The molecule has 6 heteroatoms. The SMILES string of the molecule is O=C(c1csc(I)c1)c1scc(Br)c1Br. The molecule has 0 N–H and O–H groups in total. The molecule has 0 saturated carbocycles. The van der Waals surface area contributed by atoms with Crippen molar-refractivity contribution in [1.29, 1.82) is 0 Å². The maximum Gasteiger partial charge on any atom is 0.205 e. The number of rotatable bonds is 2. The van der Waals surface area contributed by atoms with Gasteiger partial charge >= 0.3 is 0 Å². The monoisotopic (exact) mass is 476 g/mol. The summed E-state index contributed by atoms with van der Waals surface area (Å²) in [5.74, 6) is 0.0803. The van der Waals surface area contributed by atoms with Crippen LogP contribution in [0.3, 0.4) is 0 Å². The fourth-order valence-corrected chi connectivity index (χ4v) is 4.48. The Morgan fingerprint density at radius 1 is 1.27 bits per heavy atom. The summed E-state index contributed by atoms with van der Waals surface area (Å²) < 4.78 is 2.90. The number of ketones is 1. The van der Waals surface area contributed by atoms with Crippen molar-refractivity contribution in [2.45, 2.75) is 0 Å². The van der Waals surface area contributed by atoms with Gasteiger partial charge in [0.25, 0.3) is 0 Å². The highest BCUT2D eigenvalue weighted by Gasteiger charge is 2.17. The minimum Gasteiger partial charge on any atom is -0.288 e. The Labute approximate surface area is 125 Å². The van der Waals surface area contributed by atoms with E-state index in [0.717, 1.165) is 22.3 Å². The molecule has 0 saturated heterocycles. The molecular formula is C9H3Br2IOS2. The zero-order valence-corrected chi connectivity index (χ0v) is 14.1. The normalized spacial score (nSPS) is 10.6. The quantitative estimate of drug-likeness (QED) is 0.431. The maximum absolute atomic E-state index is 12.1. The van der Waals surface area contributed by atoms with Gasteiger partial charge in [-0.2, -0.15) is 0 Å². The van der Waals surface area contributed by atoms with E-state index >= 15 is 0 Å². The number of carbonyl (C=O) groups excluding carboxylic acids is 1. The fraction of sp³-hybridized carbons (Fsp3) is 0. The van der Waals surface area contributed by atoms with Crippen molar-refractivity contribution in [2.75, 3.05) is 0 Å². The van der Waals surface area contributed by atoms with Crippen molar-refractivity contribution in [3.05, 3.63) is 39.1 Å². The molecule has 2 aromatic rings. The fourth-order valence-electron chi connectivity index (χ4n) is 1.04. The van der Waals surface area contributed by atoms with Crippen molar-refractivity contribution in [1.82, 2.24) is 0 Å². The van der Waals surface area contributed by atoms with E-state index in [1.54, 1.807) is 11.3 Å². The second-order valence-corrected chi connectivity index (χ2v) is 8.03. The number of carbonyl (C=O) groups is 1. The van der Waals surface area contributed by atoms with E-state index in [4.69, 9.17) is 0 Å². The summed E-state index contributed by atoms with van der Waals surface area (Å²) in [4.78, 5) is 12.8. The van der Waals surface area contributed by atoms with Crippen LogP contribution in [0.15, 0.2) is 25.8 Å². The maximum atomic E-state index is 12.1. The Morgan fingerprint density at radius 2 is 2.00 bits per heavy atom. The van der Waals surface area contributed by atoms with Crippen LogP contribution in [0.5, 0.6) is 0 Å². The summed E-state index contributed by atoms with van der Waals surface area (Å²) >= 11 is 12.0. The van der Waals surface area contributed by atoms with E-state index < -0.39 is 0 Å². The molecule has 0 bridgehead atoms. The molecular weight excluding hydrogens is 475 g/mol. The lowest BCUT2D eigenvalue weighted by Crippen LogP contribution is -1.96. The minimum absolute atomic E-state index is 0.0803. The molecule has 0 unspecified atom stereocenters. The van der Waals surface area contributed by atoms with Crippen molar-refractivity contribution in [2.24, 2.45) is 0 Å². The third-order valence-electron chi connectivity index (χ3n) is 1.73. The lowest BCUT2D eigenvalue weighted by molar-refractivity contribution is 0.104. The predicted molar refractivity (Wildman–Crippen MR) is 80.2 cm³/mol. The number of hydrogen-bond donors (Lipinski definition) is 0. The molecule has 0 spiro atoms. The Bertz CT molecular complexity index is 518. The summed E-state index contributed by atoms with van der Waals surface area (Å²) in [5, 5.41) is 3.80. The van der Waals surface area contributed by atoms with E-state index in [-0.39, 0.29) is 5.78 Å². The topological polar surface area (TPSA) is 17.1 Å². The van der Waals surface area contributed by atoms with E-state index in [9.17, 15) is 4.79 Å². The average Bonchev–Trinajstić information content (AvgIpc) is 2.75. The molecule has 0 aliphatic carbocycles. The van der Waals surface area contributed by atoms with Crippen LogP contribution in [-0.2, 0) is 0 Å². The summed E-state index contributed by atoms with van der Waals surface area (Å²) in [5.41, 5.74) is 0.763. The van der Waals surface area contributed by atoms with Gasteiger partial charge in [-0.25, -0.2) is 0 Å². The van der Waals surface area contributed by atoms with Crippen LogP contribution in [-0.4, -0.2) is 5.78 Å². The van der Waals surface area contributed by atoms with Gasteiger partial charge in [-0.1, -0.05) is 0 Å². The number of thiophene rings is 2. The third kappa shape index (κ3) is 2.54. The predicted octanol–water partition coefficient (Wildman–Crippen LogP) is 5.17. The van der Waals surface area contributed by atoms with Crippen LogP contribution in [0.25, 0.3) is 0 Å². The largest absolute Gasteiger partial charge is 0.288 e. The number of hydrogen-bond acceptors (Lipinski definition) is 3. The van der Waals surface area contributed by atoms with E-state index in [0.29, 0.717) is 0 Å². The van der Waals surface area contributed by atoms with Gasteiger partial charge in [-0.05, 0) is 60.5 Å². The second-order valence-electron chi connectivity index (χ2n) is 2.70. The Morgan fingerprint density at radius 3 is 2.47 bits per heavy atom. The summed E-state index contributed by atoms with van der Waals surface area (Å²) in [6.45, 7) is 0. The lowest BCUT2D eigenvalue weighted by atomic mass is 10.2. The molecule has 0 amide bonds. The van der Waals surface area contributed by atoms with Gasteiger partial charge in [0, 0.05) is 20.8 Å². The molecule has 1 nitrogen and oxygen atoms in total. The molecule has 15 heavy (non-hydrogen) atoms. The molecule has 0 aliphatic heterocycles. The highest BCUT2D eigenvalue weighted by atomic mass is 127. The van der Waals surface area contributed by atoms with Crippen LogP contribution >= 0.6 is 77.1 Å². The lowest BCUT2D eigenvalue weighted by Gasteiger charge is -1.94. The van der Waals surface area contributed by atoms with Gasteiger partial charge in [-0.15, -0.1) is 22.7 Å². The van der Waals surface area contributed by atoms with Crippen molar-refractivity contribution < 1.29 is 4.79 Å². The van der Waals surface area contributed by atoms with Gasteiger partial charge in [0.2, 0.25) is 5.78 Å². The van der Waals surface area contributed by atoms with Crippen LogP contribution in [0.4, 0.5) is 0 Å². The van der Waals surface area contributed by atoms with Crippen LogP contribution in [0.2, 0.25) is 0 Å². The van der Waals surface area contributed by atoms with Gasteiger partial charge in [0.15, 0.2) is 0 Å². The Hall–Kier alpha value is 0.760. The van der Waals surface area contributed by atoms with Crippen molar-refractivity contribution in [3.63, 3.8) is 0 Å². The average molecular weight is 478 g/mol. The number of halogens is 3. The van der Waals surface area contributed by atoms with Gasteiger partial charge in [0.05, 0.1) is 12.2 Å².